The Labute approximate surface area is 187 Å². The van der Waals surface area contributed by atoms with Crippen LogP contribution in [0.5, 0.6) is 0 Å². The average Bonchev–Trinajstić information content (AvgIpc) is 2.73. The molecule has 0 radical (unpaired) electrons. The number of carbonyl (C=O) groups is 1. The van der Waals surface area contributed by atoms with Gasteiger partial charge in [-0.15, -0.1) is 0 Å². The van der Waals surface area contributed by atoms with E-state index in [0.29, 0.717) is 25.4 Å². The quantitative estimate of drug-likeness (QED) is 0.534. The third-order valence-corrected chi connectivity index (χ3v) is 5.24. The minimum absolute atomic E-state index is 0.137. The van der Waals surface area contributed by atoms with Gasteiger partial charge in [0.2, 0.25) is 0 Å². The highest BCUT2D eigenvalue weighted by Gasteiger charge is 2.28. The predicted molar refractivity (Wildman–Crippen MR) is 128 cm³/mol. The van der Waals surface area contributed by atoms with Crippen LogP contribution in [0.3, 0.4) is 0 Å². The summed E-state index contributed by atoms with van der Waals surface area (Å²) in [5.41, 5.74) is 2.02. The summed E-state index contributed by atoms with van der Waals surface area (Å²) < 4.78 is 0. The van der Waals surface area contributed by atoms with Crippen molar-refractivity contribution in [1.29, 1.82) is 0 Å². The Morgan fingerprint density at radius 1 is 0.968 bits per heavy atom. The maximum Gasteiger partial charge on any atom is 0.317 e. The lowest BCUT2D eigenvalue weighted by molar-refractivity contribution is 0.108. The van der Waals surface area contributed by atoms with Crippen LogP contribution in [0.2, 0.25) is 0 Å². The molecule has 5 nitrogen and oxygen atoms in total. The van der Waals surface area contributed by atoms with Crippen molar-refractivity contribution in [3.63, 3.8) is 0 Å². The van der Waals surface area contributed by atoms with Gasteiger partial charge >= 0.3 is 6.03 Å². The zero-order chi connectivity index (χ0) is 22.9. The standard InChI is InChI=1S/C26H39N3O2/c1-20(2)19-29(26(3,4)5)25(31)28-18-24(30)23(16-21-12-8-6-9-13-21)27-17-22-14-10-7-11-15-22/h6-15,20,23-24,27,30H,16-19H2,1-5H3,(H,28,31)/t23-,24+/m0/s1. The van der Waals surface area contributed by atoms with Crippen LogP contribution in [-0.2, 0) is 13.0 Å². The summed E-state index contributed by atoms with van der Waals surface area (Å²) in [4.78, 5) is 14.7. The topological polar surface area (TPSA) is 64.6 Å². The van der Waals surface area contributed by atoms with Gasteiger partial charge in [-0.3, -0.25) is 0 Å². The van der Waals surface area contributed by atoms with E-state index in [4.69, 9.17) is 0 Å². The van der Waals surface area contributed by atoms with Crippen molar-refractivity contribution in [2.75, 3.05) is 13.1 Å². The molecule has 2 aromatic rings. The van der Waals surface area contributed by atoms with Gasteiger partial charge in [-0.05, 0) is 44.2 Å². The molecule has 3 N–H and O–H groups in total. The molecule has 0 bridgehead atoms. The van der Waals surface area contributed by atoms with Crippen LogP contribution >= 0.6 is 0 Å². The highest BCUT2D eigenvalue weighted by molar-refractivity contribution is 5.75. The number of carbonyl (C=O) groups excluding carboxylic acids is 1. The molecule has 0 aliphatic heterocycles. The molecule has 2 aromatic carbocycles. The van der Waals surface area contributed by atoms with Crippen molar-refractivity contribution in [3.05, 3.63) is 71.8 Å². The van der Waals surface area contributed by atoms with Crippen LogP contribution < -0.4 is 10.6 Å². The molecular formula is C26H39N3O2. The molecule has 0 aliphatic rings. The summed E-state index contributed by atoms with van der Waals surface area (Å²) in [6.07, 6.45) is -0.0339. The largest absolute Gasteiger partial charge is 0.390 e. The second kappa shape index (κ2) is 11.9. The molecule has 2 rings (SSSR count). The van der Waals surface area contributed by atoms with Crippen molar-refractivity contribution in [2.45, 2.75) is 65.3 Å². The van der Waals surface area contributed by atoms with Gasteiger partial charge in [0.1, 0.15) is 0 Å². The summed E-state index contributed by atoms with van der Waals surface area (Å²) >= 11 is 0. The Kier molecular flexibility index (Phi) is 9.53. The van der Waals surface area contributed by atoms with Gasteiger partial charge in [0, 0.05) is 31.2 Å². The van der Waals surface area contributed by atoms with Crippen LogP contribution in [0.25, 0.3) is 0 Å². The molecule has 0 aromatic heterocycles. The summed E-state index contributed by atoms with van der Waals surface area (Å²) in [5.74, 6) is 0.369. The van der Waals surface area contributed by atoms with E-state index in [0.717, 1.165) is 11.1 Å². The van der Waals surface area contributed by atoms with Crippen LogP contribution in [-0.4, -0.2) is 46.8 Å². The van der Waals surface area contributed by atoms with Gasteiger partial charge < -0.3 is 20.6 Å². The van der Waals surface area contributed by atoms with Gasteiger partial charge in [0.05, 0.1) is 6.10 Å². The van der Waals surface area contributed by atoms with Crippen LogP contribution in [0, 0.1) is 5.92 Å². The van der Waals surface area contributed by atoms with Crippen molar-refractivity contribution in [1.82, 2.24) is 15.5 Å². The molecule has 0 saturated heterocycles. The Hall–Kier alpha value is -2.37. The third kappa shape index (κ3) is 8.72. The van der Waals surface area contributed by atoms with Crippen molar-refractivity contribution in [3.8, 4) is 0 Å². The molecule has 0 aliphatic carbocycles. The average molecular weight is 426 g/mol. The predicted octanol–water partition coefficient (Wildman–Crippen LogP) is 4.21. The summed E-state index contributed by atoms with van der Waals surface area (Å²) in [7, 11) is 0. The fraction of sp³-hybridized carbons (Fsp3) is 0.500. The number of aliphatic hydroxyl groups is 1. The van der Waals surface area contributed by atoms with E-state index in [9.17, 15) is 9.90 Å². The molecule has 0 saturated carbocycles. The van der Waals surface area contributed by atoms with E-state index >= 15 is 0 Å². The zero-order valence-corrected chi connectivity index (χ0v) is 19.6. The molecule has 170 valence electrons. The minimum Gasteiger partial charge on any atom is -0.390 e. The molecule has 2 atom stereocenters. The van der Waals surface area contributed by atoms with Gasteiger partial charge in [-0.2, -0.15) is 0 Å². The number of aliphatic hydroxyl groups excluding tert-OH is 1. The lowest BCUT2D eigenvalue weighted by Gasteiger charge is -2.37. The fourth-order valence-electron chi connectivity index (χ4n) is 3.51. The normalized spacial score (nSPS) is 13.6. The summed E-state index contributed by atoms with van der Waals surface area (Å²) in [6, 6.07) is 19.9. The Morgan fingerprint density at radius 3 is 2.03 bits per heavy atom. The first-order valence-electron chi connectivity index (χ1n) is 11.2. The van der Waals surface area contributed by atoms with Crippen LogP contribution in [0.1, 0.15) is 45.7 Å². The lowest BCUT2D eigenvalue weighted by atomic mass is 10.0. The molecule has 0 spiro atoms. The Morgan fingerprint density at radius 2 is 1.52 bits per heavy atom. The number of rotatable bonds is 10. The number of nitrogens with zero attached hydrogens (tertiary/aromatic N) is 1. The molecule has 0 unspecified atom stereocenters. The van der Waals surface area contributed by atoms with E-state index in [-0.39, 0.29) is 24.2 Å². The van der Waals surface area contributed by atoms with Crippen molar-refractivity contribution >= 4 is 6.03 Å². The van der Waals surface area contributed by atoms with E-state index in [1.807, 2.05) is 62.1 Å². The molecule has 31 heavy (non-hydrogen) atoms. The van der Waals surface area contributed by atoms with Crippen molar-refractivity contribution in [2.24, 2.45) is 5.92 Å². The number of urea groups is 1. The number of hydrogen-bond donors (Lipinski definition) is 3. The monoisotopic (exact) mass is 425 g/mol. The molecular weight excluding hydrogens is 386 g/mol. The first-order chi connectivity index (χ1) is 14.7. The molecule has 0 heterocycles. The van der Waals surface area contributed by atoms with Gasteiger partial charge in [0.15, 0.2) is 0 Å². The fourth-order valence-corrected chi connectivity index (χ4v) is 3.51. The smallest absolute Gasteiger partial charge is 0.317 e. The van der Waals surface area contributed by atoms with E-state index in [2.05, 4.69) is 48.7 Å². The summed E-state index contributed by atoms with van der Waals surface area (Å²) in [6.45, 7) is 11.8. The van der Waals surface area contributed by atoms with Crippen LogP contribution in [0.4, 0.5) is 4.79 Å². The number of hydrogen-bond acceptors (Lipinski definition) is 3. The summed E-state index contributed by atoms with van der Waals surface area (Å²) in [5, 5.41) is 17.4. The SMILES string of the molecule is CC(C)CN(C(=O)NC[C@@H](O)[C@H](Cc1ccccc1)NCc1ccccc1)C(C)(C)C. The highest BCUT2D eigenvalue weighted by Crippen LogP contribution is 2.16. The maximum absolute atomic E-state index is 12.9. The number of amides is 2. The van der Waals surface area contributed by atoms with Gasteiger partial charge in [-0.25, -0.2) is 4.79 Å². The second-order valence-electron chi connectivity index (χ2n) is 9.59. The van der Waals surface area contributed by atoms with E-state index < -0.39 is 6.10 Å². The Balaban J connectivity index is 2.03. The van der Waals surface area contributed by atoms with E-state index in [1.165, 1.54) is 0 Å². The first-order valence-corrected chi connectivity index (χ1v) is 11.2. The molecule has 5 heteroatoms. The third-order valence-electron chi connectivity index (χ3n) is 5.24. The van der Waals surface area contributed by atoms with Gasteiger partial charge in [0.25, 0.3) is 0 Å². The first kappa shape index (κ1) is 24.9. The van der Waals surface area contributed by atoms with E-state index in [1.54, 1.807) is 0 Å². The zero-order valence-electron chi connectivity index (χ0n) is 19.6. The van der Waals surface area contributed by atoms with Crippen LogP contribution in [0.15, 0.2) is 60.7 Å². The minimum atomic E-state index is -0.714. The Bertz CT molecular complexity index is 772. The highest BCUT2D eigenvalue weighted by atomic mass is 16.3. The lowest BCUT2D eigenvalue weighted by Crippen LogP contribution is -2.54. The van der Waals surface area contributed by atoms with Crippen molar-refractivity contribution < 1.29 is 9.90 Å². The molecule has 0 fully saturated rings. The maximum atomic E-state index is 12.9. The number of benzene rings is 2. The second-order valence-corrected chi connectivity index (χ2v) is 9.59. The van der Waals surface area contributed by atoms with Gasteiger partial charge in [-0.1, -0.05) is 74.5 Å². The molecule has 2 amide bonds. The number of nitrogens with one attached hydrogen (secondary N) is 2.